The van der Waals surface area contributed by atoms with Gasteiger partial charge in [-0.3, -0.25) is 9.59 Å². The number of ether oxygens (including phenoxy) is 1. The third kappa shape index (κ3) is 4.58. The Labute approximate surface area is 180 Å². The van der Waals surface area contributed by atoms with Gasteiger partial charge in [0.1, 0.15) is 5.75 Å². The van der Waals surface area contributed by atoms with Crippen molar-refractivity contribution in [2.24, 2.45) is 0 Å². The number of anilines is 1. The first kappa shape index (κ1) is 22.1. The van der Waals surface area contributed by atoms with Crippen LogP contribution in [0.3, 0.4) is 0 Å². The molecular weight excluding hydrogens is 430 g/mol. The van der Waals surface area contributed by atoms with Gasteiger partial charge in [0.05, 0.1) is 17.1 Å². The summed E-state index contributed by atoms with van der Waals surface area (Å²) in [4.78, 5) is 24.0. The molecule has 1 atom stereocenters. The first-order valence-electron chi connectivity index (χ1n) is 9.18. The highest BCUT2D eigenvalue weighted by molar-refractivity contribution is 7.89. The van der Waals surface area contributed by atoms with E-state index in [-0.39, 0.29) is 29.6 Å². The molecule has 0 saturated heterocycles. The molecule has 0 radical (unpaired) electrons. The molecule has 0 bridgehead atoms. The molecule has 0 fully saturated rings. The fraction of sp³-hybridized carbons (Fsp3) is 0.300. The summed E-state index contributed by atoms with van der Waals surface area (Å²) in [6, 6.07) is 9.98. The van der Waals surface area contributed by atoms with Crippen LogP contribution < -0.4 is 15.4 Å². The second-order valence-corrected chi connectivity index (χ2v) is 9.41. The Morgan fingerprint density at radius 1 is 1.30 bits per heavy atom. The van der Waals surface area contributed by atoms with Crippen molar-refractivity contribution >= 4 is 39.1 Å². The predicted octanol–water partition coefficient (Wildman–Crippen LogP) is 2.30. The van der Waals surface area contributed by atoms with Crippen LogP contribution in [-0.4, -0.2) is 44.2 Å². The summed E-state index contributed by atoms with van der Waals surface area (Å²) in [7, 11) is -2.64. The second-order valence-electron chi connectivity index (χ2n) is 6.99. The number of sulfonamides is 1. The molecule has 2 aromatic rings. The Bertz CT molecular complexity index is 1100. The van der Waals surface area contributed by atoms with E-state index in [0.717, 1.165) is 9.87 Å². The SMILES string of the molecule is Cc1cc2c(cc1S(=O)(=O)N(C)CC(=O)NCc1ccccc1Cl)OC(C)C(=O)N2. The molecule has 2 N–H and O–H groups in total. The first-order chi connectivity index (χ1) is 14.1. The van der Waals surface area contributed by atoms with E-state index in [1.165, 1.54) is 19.2 Å². The van der Waals surface area contributed by atoms with Crippen molar-refractivity contribution in [3.63, 3.8) is 0 Å². The van der Waals surface area contributed by atoms with Crippen molar-refractivity contribution in [1.82, 2.24) is 9.62 Å². The highest BCUT2D eigenvalue weighted by Gasteiger charge is 2.30. The quantitative estimate of drug-likeness (QED) is 0.701. The summed E-state index contributed by atoms with van der Waals surface area (Å²) in [5.74, 6) is -0.499. The number of hydrogen-bond donors (Lipinski definition) is 2. The zero-order valence-corrected chi connectivity index (χ0v) is 18.3. The number of nitrogens with zero attached hydrogens (tertiary/aromatic N) is 1. The minimum Gasteiger partial charge on any atom is -0.479 e. The predicted molar refractivity (Wildman–Crippen MR) is 113 cm³/mol. The van der Waals surface area contributed by atoms with Crippen molar-refractivity contribution in [2.75, 3.05) is 18.9 Å². The topological polar surface area (TPSA) is 105 Å². The van der Waals surface area contributed by atoms with Gasteiger partial charge in [-0.15, -0.1) is 0 Å². The van der Waals surface area contributed by atoms with Gasteiger partial charge in [0, 0.05) is 24.7 Å². The molecule has 0 spiro atoms. The van der Waals surface area contributed by atoms with E-state index in [4.69, 9.17) is 16.3 Å². The largest absolute Gasteiger partial charge is 0.479 e. The summed E-state index contributed by atoms with van der Waals surface area (Å²) < 4.78 is 32.5. The minimum atomic E-state index is -3.97. The lowest BCUT2D eigenvalue weighted by Crippen LogP contribution is -2.38. The van der Waals surface area contributed by atoms with Gasteiger partial charge < -0.3 is 15.4 Å². The fourth-order valence-electron chi connectivity index (χ4n) is 2.97. The van der Waals surface area contributed by atoms with Gasteiger partial charge in [-0.05, 0) is 37.1 Å². The number of halogens is 1. The van der Waals surface area contributed by atoms with Crippen molar-refractivity contribution in [3.8, 4) is 5.75 Å². The molecule has 2 amide bonds. The first-order valence-corrected chi connectivity index (χ1v) is 11.0. The Hall–Kier alpha value is -2.62. The number of aryl methyl sites for hydroxylation is 1. The maximum absolute atomic E-state index is 13.0. The van der Waals surface area contributed by atoms with Gasteiger partial charge in [0.25, 0.3) is 5.91 Å². The summed E-state index contributed by atoms with van der Waals surface area (Å²) in [6.07, 6.45) is -0.732. The van der Waals surface area contributed by atoms with Crippen molar-refractivity contribution < 1.29 is 22.7 Å². The number of carbonyl (C=O) groups excluding carboxylic acids is 2. The van der Waals surface area contributed by atoms with Crippen LogP contribution in [0.2, 0.25) is 5.02 Å². The summed E-state index contributed by atoms with van der Waals surface area (Å²) in [5, 5.41) is 5.87. The van der Waals surface area contributed by atoms with E-state index in [9.17, 15) is 18.0 Å². The molecule has 160 valence electrons. The maximum atomic E-state index is 13.0. The van der Waals surface area contributed by atoms with Crippen LogP contribution in [0.4, 0.5) is 5.69 Å². The highest BCUT2D eigenvalue weighted by atomic mass is 35.5. The number of amides is 2. The zero-order chi connectivity index (χ0) is 22.1. The van der Waals surface area contributed by atoms with Gasteiger partial charge in [-0.1, -0.05) is 29.8 Å². The third-order valence-corrected chi connectivity index (χ3v) is 7.01. The molecule has 1 aliphatic heterocycles. The van der Waals surface area contributed by atoms with E-state index in [0.29, 0.717) is 16.3 Å². The monoisotopic (exact) mass is 451 g/mol. The van der Waals surface area contributed by atoms with Gasteiger partial charge in [-0.2, -0.15) is 4.31 Å². The molecule has 3 rings (SSSR count). The van der Waals surface area contributed by atoms with Crippen molar-refractivity contribution in [1.29, 1.82) is 0 Å². The normalized spacial score (nSPS) is 15.9. The zero-order valence-electron chi connectivity index (χ0n) is 16.7. The molecule has 30 heavy (non-hydrogen) atoms. The van der Waals surface area contributed by atoms with Crippen LogP contribution in [0, 0.1) is 6.92 Å². The smallest absolute Gasteiger partial charge is 0.265 e. The molecule has 1 heterocycles. The van der Waals surface area contributed by atoms with Gasteiger partial charge in [0.15, 0.2) is 6.10 Å². The summed E-state index contributed by atoms with van der Waals surface area (Å²) in [5.41, 5.74) is 1.57. The molecule has 1 unspecified atom stereocenters. The van der Waals surface area contributed by atoms with Crippen LogP contribution in [0.15, 0.2) is 41.3 Å². The van der Waals surface area contributed by atoms with Crippen LogP contribution in [-0.2, 0) is 26.2 Å². The number of likely N-dealkylation sites (N-methyl/N-ethyl adjacent to an activating group) is 1. The van der Waals surface area contributed by atoms with Gasteiger partial charge in [0.2, 0.25) is 15.9 Å². The molecule has 2 aromatic carbocycles. The van der Waals surface area contributed by atoms with E-state index >= 15 is 0 Å². The molecular formula is C20H22ClN3O5S. The van der Waals surface area contributed by atoms with E-state index in [2.05, 4.69) is 10.6 Å². The number of rotatable bonds is 6. The minimum absolute atomic E-state index is 0.00556. The number of benzene rings is 2. The molecule has 0 saturated carbocycles. The van der Waals surface area contributed by atoms with Crippen molar-refractivity contribution in [3.05, 3.63) is 52.5 Å². The Kier molecular flexibility index (Phi) is 6.35. The Balaban J connectivity index is 1.73. The second kappa shape index (κ2) is 8.63. The highest BCUT2D eigenvalue weighted by Crippen LogP contribution is 2.35. The maximum Gasteiger partial charge on any atom is 0.265 e. The molecule has 0 aliphatic carbocycles. The van der Waals surface area contributed by atoms with Crippen molar-refractivity contribution in [2.45, 2.75) is 31.4 Å². The van der Waals surface area contributed by atoms with E-state index in [1.54, 1.807) is 38.1 Å². The van der Waals surface area contributed by atoms with Crippen LogP contribution in [0.25, 0.3) is 0 Å². The van der Waals surface area contributed by atoms with Gasteiger partial charge >= 0.3 is 0 Å². The number of nitrogens with one attached hydrogen (secondary N) is 2. The third-order valence-electron chi connectivity index (χ3n) is 4.70. The average molecular weight is 452 g/mol. The lowest BCUT2D eigenvalue weighted by molar-refractivity contribution is -0.123. The van der Waals surface area contributed by atoms with Gasteiger partial charge in [-0.25, -0.2) is 8.42 Å². The lowest BCUT2D eigenvalue weighted by atomic mass is 10.1. The van der Waals surface area contributed by atoms with Crippen LogP contribution >= 0.6 is 11.6 Å². The average Bonchev–Trinajstić information content (AvgIpc) is 2.68. The number of carbonyl (C=O) groups is 2. The van der Waals surface area contributed by atoms with Crippen LogP contribution in [0.1, 0.15) is 18.1 Å². The number of hydrogen-bond acceptors (Lipinski definition) is 5. The molecule has 1 aliphatic rings. The Morgan fingerprint density at radius 3 is 2.70 bits per heavy atom. The fourth-order valence-corrected chi connectivity index (χ4v) is 4.51. The van der Waals surface area contributed by atoms with E-state index < -0.39 is 22.0 Å². The summed E-state index contributed by atoms with van der Waals surface area (Å²) >= 11 is 6.07. The molecule has 8 nitrogen and oxygen atoms in total. The van der Waals surface area contributed by atoms with Crippen LogP contribution in [0.5, 0.6) is 5.75 Å². The lowest BCUT2D eigenvalue weighted by Gasteiger charge is -2.25. The molecule has 10 heteroatoms. The standard InChI is InChI=1S/C20H22ClN3O5S/c1-12-8-16-17(29-13(2)20(26)23-16)9-18(12)30(27,28)24(3)11-19(25)22-10-14-6-4-5-7-15(14)21/h4-9,13H,10-11H2,1-3H3,(H,22,25)(H,23,26). The molecule has 0 aromatic heterocycles. The van der Waals surface area contributed by atoms with E-state index in [1.807, 2.05) is 0 Å². The Morgan fingerprint density at radius 2 is 2.00 bits per heavy atom. The summed E-state index contributed by atoms with van der Waals surface area (Å²) in [6.45, 7) is 3.01. The number of fused-ring (bicyclic) bond motifs is 1.